The van der Waals surface area contributed by atoms with Crippen molar-refractivity contribution in [3.63, 3.8) is 0 Å². The highest BCUT2D eigenvalue weighted by Crippen LogP contribution is 2.24. The van der Waals surface area contributed by atoms with Crippen LogP contribution in [0.3, 0.4) is 0 Å². The SMILES string of the molecule is Oc1cnc(F)c(-c2ccccc2)c1. The van der Waals surface area contributed by atoms with E-state index in [0.29, 0.717) is 11.1 Å². The molecular formula is C11H8FNO. The molecule has 70 valence electrons. The highest BCUT2D eigenvalue weighted by Gasteiger charge is 2.06. The second-order valence-corrected chi connectivity index (χ2v) is 2.90. The van der Waals surface area contributed by atoms with Gasteiger partial charge >= 0.3 is 0 Å². The van der Waals surface area contributed by atoms with Crippen molar-refractivity contribution in [2.75, 3.05) is 0 Å². The minimum Gasteiger partial charge on any atom is -0.506 e. The minimum atomic E-state index is -0.575. The van der Waals surface area contributed by atoms with E-state index in [2.05, 4.69) is 4.98 Å². The van der Waals surface area contributed by atoms with Crippen molar-refractivity contribution in [1.82, 2.24) is 4.98 Å². The van der Waals surface area contributed by atoms with E-state index in [1.165, 1.54) is 6.07 Å². The third kappa shape index (κ3) is 1.57. The van der Waals surface area contributed by atoms with E-state index in [4.69, 9.17) is 5.11 Å². The summed E-state index contributed by atoms with van der Waals surface area (Å²) in [7, 11) is 0. The molecule has 2 aromatic rings. The Bertz CT molecular complexity index is 442. The Kier molecular flexibility index (Phi) is 2.14. The second-order valence-electron chi connectivity index (χ2n) is 2.90. The van der Waals surface area contributed by atoms with Crippen molar-refractivity contribution in [2.24, 2.45) is 0 Å². The van der Waals surface area contributed by atoms with Crippen molar-refractivity contribution in [3.05, 3.63) is 48.5 Å². The first-order chi connectivity index (χ1) is 6.77. The lowest BCUT2D eigenvalue weighted by Gasteiger charge is -2.02. The van der Waals surface area contributed by atoms with Crippen molar-refractivity contribution in [1.29, 1.82) is 0 Å². The molecule has 1 N–H and O–H groups in total. The van der Waals surface area contributed by atoms with Gasteiger partial charge in [0.1, 0.15) is 5.75 Å². The normalized spacial score (nSPS) is 10.1. The number of nitrogens with zero attached hydrogens (tertiary/aromatic N) is 1. The highest BCUT2D eigenvalue weighted by molar-refractivity contribution is 5.64. The predicted molar refractivity (Wildman–Crippen MR) is 51.3 cm³/mol. The molecule has 0 aliphatic heterocycles. The number of hydrogen-bond donors (Lipinski definition) is 1. The van der Waals surface area contributed by atoms with Gasteiger partial charge in [0.2, 0.25) is 5.95 Å². The summed E-state index contributed by atoms with van der Waals surface area (Å²) in [6, 6.07) is 10.3. The molecule has 2 rings (SSSR count). The Balaban J connectivity index is 2.57. The molecule has 14 heavy (non-hydrogen) atoms. The molecule has 0 aliphatic carbocycles. The molecule has 0 bridgehead atoms. The molecule has 1 aromatic heterocycles. The van der Waals surface area contributed by atoms with Crippen LogP contribution in [0.25, 0.3) is 11.1 Å². The molecule has 0 spiro atoms. The lowest BCUT2D eigenvalue weighted by Crippen LogP contribution is -1.87. The van der Waals surface area contributed by atoms with Crippen LogP contribution >= 0.6 is 0 Å². The maximum atomic E-state index is 13.2. The van der Waals surface area contributed by atoms with E-state index in [9.17, 15) is 4.39 Å². The van der Waals surface area contributed by atoms with E-state index in [1.54, 1.807) is 24.3 Å². The number of hydrogen-bond acceptors (Lipinski definition) is 2. The molecule has 1 heterocycles. The van der Waals surface area contributed by atoms with Crippen LogP contribution < -0.4 is 0 Å². The fourth-order valence-electron chi connectivity index (χ4n) is 1.26. The summed E-state index contributed by atoms with van der Waals surface area (Å²) in [5.41, 5.74) is 1.01. The van der Waals surface area contributed by atoms with Crippen LogP contribution in [0.1, 0.15) is 0 Å². The summed E-state index contributed by atoms with van der Waals surface area (Å²) < 4.78 is 13.2. The van der Waals surface area contributed by atoms with Gasteiger partial charge in [0.05, 0.1) is 6.20 Å². The smallest absolute Gasteiger partial charge is 0.220 e. The van der Waals surface area contributed by atoms with Gasteiger partial charge in [0.15, 0.2) is 0 Å². The summed E-state index contributed by atoms with van der Waals surface area (Å²) >= 11 is 0. The molecule has 0 fully saturated rings. The third-order valence-corrected chi connectivity index (χ3v) is 1.91. The largest absolute Gasteiger partial charge is 0.506 e. The topological polar surface area (TPSA) is 33.1 Å². The first-order valence-electron chi connectivity index (χ1n) is 4.17. The molecule has 2 nitrogen and oxygen atoms in total. The Hall–Kier alpha value is -1.90. The zero-order valence-corrected chi connectivity index (χ0v) is 7.31. The lowest BCUT2D eigenvalue weighted by molar-refractivity contribution is 0.467. The van der Waals surface area contributed by atoms with E-state index in [0.717, 1.165) is 6.20 Å². The van der Waals surface area contributed by atoms with E-state index in [1.807, 2.05) is 6.07 Å². The van der Waals surface area contributed by atoms with E-state index >= 15 is 0 Å². The van der Waals surface area contributed by atoms with Crippen LogP contribution in [0.4, 0.5) is 4.39 Å². The van der Waals surface area contributed by atoms with Crippen molar-refractivity contribution in [2.45, 2.75) is 0 Å². The average Bonchev–Trinajstić information content (AvgIpc) is 2.23. The Morgan fingerprint density at radius 3 is 2.57 bits per heavy atom. The number of benzene rings is 1. The first kappa shape index (κ1) is 8.69. The maximum absolute atomic E-state index is 13.2. The van der Waals surface area contributed by atoms with Crippen molar-refractivity contribution in [3.8, 4) is 16.9 Å². The monoisotopic (exact) mass is 189 g/mol. The molecule has 0 amide bonds. The van der Waals surface area contributed by atoms with Crippen molar-refractivity contribution < 1.29 is 9.50 Å². The number of aromatic nitrogens is 1. The quantitative estimate of drug-likeness (QED) is 0.699. The second kappa shape index (κ2) is 3.46. The molecule has 0 radical (unpaired) electrons. The van der Waals surface area contributed by atoms with Gasteiger partial charge in [-0.2, -0.15) is 4.39 Å². The van der Waals surface area contributed by atoms with Crippen LogP contribution in [0.2, 0.25) is 0 Å². The summed E-state index contributed by atoms with van der Waals surface area (Å²) in [5.74, 6) is -0.612. The van der Waals surface area contributed by atoms with Crippen LogP contribution in [0.5, 0.6) is 5.75 Å². The first-order valence-corrected chi connectivity index (χ1v) is 4.17. The Morgan fingerprint density at radius 2 is 1.86 bits per heavy atom. The molecular weight excluding hydrogens is 181 g/mol. The lowest BCUT2D eigenvalue weighted by atomic mass is 10.1. The van der Waals surface area contributed by atoms with Crippen LogP contribution in [-0.2, 0) is 0 Å². The maximum Gasteiger partial charge on any atom is 0.220 e. The number of aromatic hydroxyl groups is 1. The Morgan fingerprint density at radius 1 is 1.14 bits per heavy atom. The molecule has 0 saturated heterocycles. The fourth-order valence-corrected chi connectivity index (χ4v) is 1.26. The Labute approximate surface area is 80.7 Å². The molecule has 0 saturated carbocycles. The van der Waals surface area contributed by atoms with E-state index in [-0.39, 0.29) is 5.75 Å². The van der Waals surface area contributed by atoms with Gasteiger partial charge in [-0.1, -0.05) is 30.3 Å². The van der Waals surface area contributed by atoms with Gasteiger partial charge in [-0.3, -0.25) is 0 Å². The third-order valence-electron chi connectivity index (χ3n) is 1.91. The summed E-state index contributed by atoms with van der Waals surface area (Å²) in [6.45, 7) is 0. The number of rotatable bonds is 1. The standard InChI is InChI=1S/C11H8FNO/c12-11-10(6-9(14)7-13-11)8-4-2-1-3-5-8/h1-7,14H. The zero-order valence-electron chi connectivity index (χ0n) is 7.31. The number of pyridine rings is 1. The summed E-state index contributed by atoms with van der Waals surface area (Å²) in [4.78, 5) is 3.44. The summed E-state index contributed by atoms with van der Waals surface area (Å²) in [5, 5.41) is 9.17. The average molecular weight is 189 g/mol. The molecule has 0 atom stereocenters. The molecule has 1 aromatic carbocycles. The highest BCUT2D eigenvalue weighted by atomic mass is 19.1. The summed E-state index contributed by atoms with van der Waals surface area (Å²) in [6.07, 6.45) is 1.09. The van der Waals surface area contributed by atoms with Gasteiger partial charge in [0.25, 0.3) is 0 Å². The van der Waals surface area contributed by atoms with Gasteiger partial charge in [0, 0.05) is 5.56 Å². The van der Waals surface area contributed by atoms with Gasteiger partial charge < -0.3 is 5.11 Å². The van der Waals surface area contributed by atoms with E-state index < -0.39 is 5.95 Å². The van der Waals surface area contributed by atoms with Crippen LogP contribution in [0, 0.1) is 5.95 Å². The van der Waals surface area contributed by atoms with Gasteiger partial charge in [-0.15, -0.1) is 0 Å². The van der Waals surface area contributed by atoms with Crippen molar-refractivity contribution >= 4 is 0 Å². The van der Waals surface area contributed by atoms with Crippen LogP contribution in [-0.4, -0.2) is 10.1 Å². The molecule has 0 unspecified atom stereocenters. The molecule has 0 aliphatic rings. The van der Waals surface area contributed by atoms with Gasteiger partial charge in [-0.05, 0) is 11.6 Å². The van der Waals surface area contributed by atoms with Crippen LogP contribution in [0.15, 0.2) is 42.6 Å². The minimum absolute atomic E-state index is 0.0368. The predicted octanol–water partition coefficient (Wildman–Crippen LogP) is 2.59. The fraction of sp³-hybridized carbons (Fsp3) is 0. The zero-order chi connectivity index (χ0) is 9.97. The number of halogens is 1. The van der Waals surface area contributed by atoms with Gasteiger partial charge in [-0.25, -0.2) is 4.98 Å². The molecule has 3 heteroatoms.